The summed E-state index contributed by atoms with van der Waals surface area (Å²) in [7, 11) is -7.31. The summed E-state index contributed by atoms with van der Waals surface area (Å²) in [6.45, 7) is 14.0. The maximum Gasteiger partial charge on any atom is 0.345 e. The predicted molar refractivity (Wildman–Crippen MR) is 117 cm³/mol. The Morgan fingerprint density at radius 1 is 0.750 bits per heavy atom. The first-order valence-electron chi connectivity index (χ1n) is 10.3. The van der Waals surface area contributed by atoms with Gasteiger partial charge in [-0.1, -0.05) is 23.3 Å². The van der Waals surface area contributed by atoms with Gasteiger partial charge in [0.05, 0.1) is 26.4 Å². The van der Waals surface area contributed by atoms with E-state index < -0.39 is 20.6 Å². The Balaban J connectivity index is 5.52. The molecule has 0 amide bonds. The standard InChI is InChI=1S/C20H40O6P2/c1-8-23-27(21,24-9-2)20(28(22,25-10-3)26-11-4)17-13-16-19(7)15-12-14-18(5)6/h14,16,20H,8-13,15,17H2,1-7H3/b19-16+. The van der Waals surface area contributed by atoms with Crippen LogP contribution in [0.2, 0.25) is 0 Å². The molecule has 0 saturated carbocycles. The third-order valence-corrected chi connectivity index (χ3v) is 10.1. The lowest BCUT2D eigenvalue weighted by Crippen LogP contribution is -2.17. The minimum Gasteiger partial charge on any atom is -0.308 e. The van der Waals surface area contributed by atoms with Crippen molar-refractivity contribution in [2.75, 3.05) is 26.4 Å². The van der Waals surface area contributed by atoms with E-state index in [1.54, 1.807) is 27.7 Å². The summed E-state index contributed by atoms with van der Waals surface area (Å²) in [5, 5.41) is -0.943. The second-order valence-electron chi connectivity index (χ2n) is 6.68. The zero-order valence-corrected chi connectivity index (χ0v) is 20.5. The zero-order valence-electron chi connectivity index (χ0n) is 18.7. The van der Waals surface area contributed by atoms with Crippen molar-refractivity contribution in [1.29, 1.82) is 0 Å². The molecule has 0 spiro atoms. The van der Waals surface area contributed by atoms with E-state index in [9.17, 15) is 9.13 Å². The number of hydrogen-bond acceptors (Lipinski definition) is 6. The topological polar surface area (TPSA) is 71.1 Å². The van der Waals surface area contributed by atoms with E-state index >= 15 is 0 Å². The van der Waals surface area contributed by atoms with Crippen LogP contribution in [-0.4, -0.2) is 31.8 Å². The molecule has 0 bridgehead atoms. The van der Waals surface area contributed by atoms with Crippen molar-refractivity contribution in [3.63, 3.8) is 0 Å². The van der Waals surface area contributed by atoms with Crippen LogP contribution in [-0.2, 0) is 27.2 Å². The molecule has 0 saturated heterocycles. The van der Waals surface area contributed by atoms with E-state index in [1.807, 2.05) is 0 Å². The summed E-state index contributed by atoms with van der Waals surface area (Å²) in [5.74, 6) is 0. The summed E-state index contributed by atoms with van der Waals surface area (Å²) in [4.78, 5) is 0. The smallest absolute Gasteiger partial charge is 0.308 e. The maximum absolute atomic E-state index is 13.4. The third-order valence-electron chi connectivity index (χ3n) is 3.98. The van der Waals surface area contributed by atoms with Crippen LogP contribution in [0.4, 0.5) is 0 Å². The molecule has 8 heteroatoms. The van der Waals surface area contributed by atoms with Gasteiger partial charge in [0.2, 0.25) is 0 Å². The molecule has 0 unspecified atom stereocenters. The molecule has 0 radical (unpaired) electrons. The Kier molecular flexibility index (Phi) is 14.6. The maximum atomic E-state index is 13.4. The Labute approximate surface area is 172 Å². The van der Waals surface area contributed by atoms with Gasteiger partial charge in [0.15, 0.2) is 5.40 Å². The van der Waals surface area contributed by atoms with Gasteiger partial charge in [-0.15, -0.1) is 0 Å². The van der Waals surface area contributed by atoms with Gasteiger partial charge in [-0.05, 0) is 74.1 Å². The molecule has 0 atom stereocenters. The molecule has 0 aromatic rings. The van der Waals surface area contributed by atoms with E-state index in [1.165, 1.54) is 11.1 Å². The summed E-state index contributed by atoms with van der Waals surface area (Å²) >= 11 is 0. The van der Waals surface area contributed by atoms with Crippen LogP contribution in [0, 0.1) is 0 Å². The lowest BCUT2D eigenvalue weighted by Gasteiger charge is -2.31. The molecule has 28 heavy (non-hydrogen) atoms. The molecule has 166 valence electrons. The van der Waals surface area contributed by atoms with E-state index in [2.05, 4.69) is 32.9 Å². The number of allylic oxidation sites excluding steroid dienone is 4. The molecule has 0 fully saturated rings. The van der Waals surface area contributed by atoms with Gasteiger partial charge < -0.3 is 18.1 Å². The Bertz CT molecular complexity index is 531. The van der Waals surface area contributed by atoms with Crippen molar-refractivity contribution in [3.8, 4) is 0 Å². The molecule has 0 rings (SSSR count). The van der Waals surface area contributed by atoms with Crippen molar-refractivity contribution in [3.05, 3.63) is 23.3 Å². The highest BCUT2D eigenvalue weighted by Gasteiger charge is 2.50. The second-order valence-corrected chi connectivity index (χ2v) is 11.5. The van der Waals surface area contributed by atoms with E-state index in [0.29, 0.717) is 12.8 Å². The van der Waals surface area contributed by atoms with Crippen molar-refractivity contribution in [2.24, 2.45) is 0 Å². The quantitative estimate of drug-likeness (QED) is 0.186. The normalized spacial score (nSPS) is 13.2. The van der Waals surface area contributed by atoms with Gasteiger partial charge in [-0.25, -0.2) is 0 Å². The first kappa shape index (κ1) is 27.8. The van der Waals surface area contributed by atoms with Crippen LogP contribution in [0.5, 0.6) is 0 Å². The predicted octanol–water partition coefficient (Wildman–Crippen LogP) is 7.32. The summed E-state index contributed by atoms with van der Waals surface area (Å²) in [5.41, 5.74) is 2.54. The molecule has 0 aromatic heterocycles. The van der Waals surface area contributed by atoms with Crippen LogP contribution in [0.3, 0.4) is 0 Å². The SMILES string of the molecule is CCOP(=O)(OCC)C(CC/C=C(\C)CCC=C(C)C)P(=O)(OCC)OCC. The van der Waals surface area contributed by atoms with Gasteiger partial charge in [0, 0.05) is 0 Å². The van der Waals surface area contributed by atoms with Gasteiger partial charge in [-0.3, -0.25) is 9.13 Å². The lowest BCUT2D eigenvalue weighted by molar-refractivity contribution is 0.194. The fourth-order valence-electron chi connectivity index (χ4n) is 2.80. The minimum atomic E-state index is -3.66. The Morgan fingerprint density at radius 3 is 1.54 bits per heavy atom. The monoisotopic (exact) mass is 438 g/mol. The first-order chi connectivity index (χ1) is 13.2. The second kappa shape index (κ2) is 14.7. The molecule has 0 aliphatic carbocycles. The largest absolute Gasteiger partial charge is 0.345 e. The lowest BCUT2D eigenvalue weighted by atomic mass is 10.1. The molecular weight excluding hydrogens is 398 g/mol. The van der Waals surface area contributed by atoms with Gasteiger partial charge in [0.1, 0.15) is 0 Å². The molecule has 0 aliphatic rings. The number of hydrogen-bond donors (Lipinski definition) is 0. The van der Waals surface area contributed by atoms with Crippen molar-refractivity contribution in [1.82, 2.24) is 0 Å². The van der Waals surface area contributed by atoms with E-state index in [-0.39, 0.29) is 26.4 Å². The van der Waals surface area contributed by atoms with Crippen LogP contribution in [0.1, 0.15) is 74.1 Å². The average molecular weight is 438 g/mol. The Hall–Kier alpha value is -0.220. The molecule has 6 nitrogen and oxygen atoms in total. The highest BCUT2D eigenvalue weighted by molar-refractivity contribution is 7.72. The zero-order chi connectivity index (χ0) is 21.6. The summed E-state index contributed by atoms with van der Waals surface area (Å²) in [6, 6.07) is 0. The minimum absolute atomic E-state index is 0.198. The van der Waals surface area contributed by atoms with Crippen LogP contribution in [0.25, 0.3) is 0 Å². The van der Waals surface area contributed by atoms with E-state index in [0.717, 1.165) is 12.8 Å². The Morgan fingerprint density at radius 2 is 1.18 bits per heavy atom. The fourth-order valence-corrected chi connectivity index (χ4v) is 8.19. The van der Waals surface area contributed by atoms with Crippen LogP contribution in [0.15, 0.2) is 23.3 Å². The molecule has 0 aliphatic heterocycles. The summed E-state index contributed by atoms with van der Waals surface area (Å²) in [6.07, 6.45) is 7.18. The van der Waals surface area contributed by atoms with Gasteiger partial charge >= 0.3 is 15.2 Å². The summed E-state index contributed by atoms with van der Waals surface area (Å²) < 4.78 is 48.8. The average Bonchev–Trinajstić information content (AvgIpc) is 2.59. The number of rotatable bonds is 16. The highest BCUT2D eigenvalue weighted by atomic mass is 31.2. The molecule has 0 heterocycles. The van der Waals surface area contributed by atoms with Gasteiger partial charge in [-0.2, -0.15) is 0 Å². The van der Waals surface area contributed by atoms with Gasteiger partial charge in [0.25, 0.3) is 0 Å². The third kappa shape index (κ3) is 10.0. The van der Waals surface area contributed by atoms with Crippen molar-refractivity contribution in [2.45, 2.75) is 79.5 Å². The van der Waals surface area contributed by atoms with Crippen molar-refractivity contribution < 1.29 is 27.2 Å². The molecule has 0 aromatic carbocycles. The fraction of sp³-hybridized carbons (Fsp3) is 0.800. The van der Waals surface area contributed by atoms with Crippen LogP contribution >= 0.6 is 15.2 Å². The molecule has 0 N–H and O–H groups in total. The van der Waals surface area contributed by atoms with Crippen molar-refractivity contribution >= 4 is 15.2 Å². The molecular formula is C20H40O6P2. The van der Waals surface area contributed by atoms with E-state index in [4.69, 9.17) is 18.1 Å². The van der Waals surface area contributed by atoms with Crippen LogP contribution < -0.4 is 0 Å². The first-order valence-corrected chi connectivity index (χ1v) is 13.5. The highest BCUT2D eigenvalue weighted by Crippen LogP contribution is 2.71.